The van der Waals surface area contributed by atoms with Crippen molar-refractivity contribution in [2.45, 2.75) is 31.6 Å². The molecule has 2 heteroatoms. The predicted molar refractivity (Wildman–Crippen MR) is 48.4 cm³/mol. The molecule has 0 aromatic carbocycles. The molecule has 0 aromatic heterocycles. The van der Waals surface area contributed by atoms with Crippen molar-refractivity contribution in [1.82, 2.24) is 0 Å². The van der Waals surface area contributed by atoms with Crippen LogP contribution >= 0.6 is 11.8 Å². The van der Waals surface area contributed by atoms with Crippen molar-refractivity contribution in [3.05, 3.63) is 12.7 Å². The normalized spacial score (nSPS) is 16.3. The summed E-state index contributed by atoms with van der Waals surface area (Å²) in [6.45, 7) is 7.74. The van der Waals surface area contributed by atoms with E-state index in [9.17, 15) is 5.11 Å². The molecule has 2 atom stereocenters. The molecule has 0 aliphatic heterocycles. The minimum absolute atomic E-state index is 0.218. The Bertz CT molecular complexity index is 93.3. The van der Waals surface area contributed by atoms with Gasteiger partial charge in [-0.05, 0) is 12.2 Å². The van der Waals surface area contributed by atoms with Crippen molar-refractivity contribution in [2.24, 2.45) is 0 Å². The van der Waals surface area contributed by atoms with Crippen LogP contribution in [0.15, 0.2) is 12.7 Å². The van der Waals surface area contributed by atoms with Crippen LogP contribution in [0.2, 0.25) is 0 Å². The first-order valence-electron chi connectivity index (χ1n) is 3.68. The van der Waals surface area contributed by atoms with E-state index in [1.807, 2.05) is 13.0 Å². The van der Waals surface area contributed by atoms with Crippen molar-refractivity contribution >= 4 is 11.8 Å². The maximum absolute atomic E-state index is 9.36. The van der Waals surface area contributed by atoms with E-state index in [1.54, 1.807) is 11.8 Å². The molecule has 0 unspecified atom stereocenters. The highest BCUT2D eigenvalue weighted by Gasteiger charge is 2.12. The first-order chi connectivity index (χ1) is 4.76. The van der Waals surface area contributed by atoms with Gasteiger partial charge < -0.3 is 5.11 Å². The molecule has 0 bridgehead atoms. The van der Waals surface area contributed by atoms with Crippen LogP contribution in [0.4, 0.5) is 0 Å². The van der Waals surface area contributed by atoms with Gasteiger partial charge in [0, 0.05) is 5.25 Å². The maximum Gasteiger partial charge on any atom is 0.0691 e. The third kappa shape index (κ3) is 3.28. The zero-order valence-corrected chi connectivity index (χ0v) is 7.53. The highest BCUT2D eigenvalue weighted by Crippen LogP contribution is 2.16. The van der Waals surface area contributed by atoms with E-state index in [4.69, 9.17) is 0 Å². The van der Waals surface area contributed by atoms with Crippen molar-refractivity contribution in [2.75, 3.05) is 5.75 Å². The maximum atomic E-state index is 9.36. The Morgan fingerprint density at radius 2 is 2.20 bits per heavy atom. The Morgan fingerprint density at radius 1 is 1.60 bits per heavy atom. The van der Waals surface area contributed by atoms with Crippen LogP contribution in [0, 0.1) is 0 Å². The summed E-state index contributed by atoms with van der Waals surface area (Å²) in [4.78, 5) is 0. The second-order valence-electron chi connectivity index (χ2n) is 2.13. The zero-order valence-electron chi connectivity index (χ0n) is 6.71. The standard InChI is InChI=1S/C8H16OS/c1-4-7(9)8(5-2)10-6-3/h5,7-9H,2,4,6H2,1,3H3/t7-,8-/m0/s1. The van der Waals surface area contributed by atoms with Crippen molar-refractivity contribution in [3.8, 4) is 0 Å². The highest BCUT2D eigenvalue weighted by atomic mass is 32.2. The average molecular weight is 160 g/mol. The van der Waals surface area contributed by atoms with Gasteiger partial charge in [-0.2, -0.15) is 11.8 Å². The Labute approximate surface area is 67.5 Å². The van der Waals surface area contributed by atoms with Gasteiger partial charge in [0.2, 0.25) is 0 Å². The van der Waals surface area contributed by atoms with Crippen LogP contribution in [0.3, 0.4) is 0 Å². The molecule has 0 fully saturated rings. The van der Waals surface area contributed by atoms with Gasteiger partial charge in [0.15, 0.2) is 0 Å². The fourth-order valence-electron chi connectivity index (χ4n) is 0.761. The summed E-state index contributed by atoms with van der Waals surface area (Å²) >= 11 is 1.74. The molecule has 0 radical (unpaired) electrons. The largest absolute Gasteiger partial charge is 0.392 e. The molecular weight excluding hydrogens is 144 g/mol. The molecule has 0 spiro atoms. The van der Waals surface area contributed by atoms with E-state index in [0.29, 0.717) is 0 Å². The summed E-state index contributed by atoms with van der Waals surface area (Å²) in [5.74, 6) is 1.04. The Balaban J connectivity index is 3.67. The van der Waals surface area contributed by atoms with Gasteiger partial charge in [-0.15, -0.1) is 6.58 Å². The number of aliphatic hydroxyl groups excluding tert-OH is 1. The molecule has 1 nitrogen and oxygen atoms in total. The molecule has 0 aromatic rings. The minimum atomic E-state index is -0.220. The molecule has 0 heterocycles. The van der Waals surface area contributed by atoms with E-state index < -0.39 is 0 Å². The van der Waals surface area contributed by atoms with Crippen LogP contribution in [0.5, 0.6) is 0 Å². The van der Waals surface area contributed by atoms with Gasteiger partial charge >= 0.3 is 0 Å². The SMILES string of the molecule is C=C[C@H](SCC)[C@@H](O)CC. The Hall–Kier alpha value is 0.0500. The van der Waals surface area contributed by atoms with Crippen LogP contribution in [0.25, 0.3) is 0 Å². The fourth-order valence-corrected chi connectivity index (χ4v) is 1.70. The lowest BCUT2D eigenvalue weighted by molar-refractivity contribution is 0.179. The summed E-state index contributed by atoms with van der Waals surface area (Å²) in [6.07, 6.45) is 2.41. The molecule has 0 rings (SSSR count). The van der Waals surface area contributed by atoms with Gasteiger partial charge in [0.25, 0.3) is 0 Å². The minimum Gasteiger partial charge on any atom is -0.392 e. The molecule has 0 aliphatic carbocycles. The third-order valence-corrected chi connectivity index (χ3v) is 2.61. The lowest BCUT2D eigenvalue weighted by Gasteiger charge is -2.16. The van der Waals surface area contributed by atoms with Crippen molar-refractivity contribution in [3.63, 3.8) is 0 Å². The first kappa shape index (κ1) is 10.0. The van der Waals surface area contributed by atoms with E-state index >= 15 is 0 Å². The summed E-state index contributed by atoms with van der Waals surface area (Å²) < 4.78 is 0. The smallest absolute Gasteiger partial charge is 0.0691 e. The average Bonchev–Trinajstić information content (AvgIpc) is 1.99. The molecule has 0 aliphatic rings. The van der Waals surface area contributed by atoms with Crippen LogP contribution < -0.4 is 0 Å². The number of hydrogen-bond donors (Lipinski definition) is 1. The number of rotatable bonds is 5. The number of thioether (sulfide) groups is 1. The highest BCUT2D eigenvalue weighted by molar-refractivity contribution is 8.00. The fraction of sp³-hybridized carbons (Fsp3) is 0.750. The third-order valence-electron chi connectivity index (χ3n) is 1.39. The molecule has 0 saturated carbocycles. The van der Waals surface area contributed by atoms with Gasteiger partial charge in [-0.25, -0.2) is 0 Å². The van der Waals surface area contributed by atoms with Gasteiger partial charge in [-0.1, -0.05) is 19.9 Å². The first-order valence-corrected chi connectivity index (χ1v) is 4.73. The quantitative estimate of drug-likeness (QED) is 0.621. The molecule has 0 amide bonds. The van der Waals surface area contributed by atoms with Crippen LogP contribution in [-0.4, -0.2) is 22.2 Å². The molecule has 1 N–H and O–H groups in total. The second-order valence-corrected chi connectivity index (χ2v) is 3.59. The van der Waals surface area contributed by atoms with Crippen molar-refractivity contribution < 1.29 is 5.11 Å². The lowest BCUT2D eigenvalue weighted by Crippen LogP contribution is -2.19. The lowest BCUT2D eigenvalue weighted by atomic mass is 10.2. The topological polar surface area (TPSA) is 20.2 Å². The van der Waals surface area contributed by atoms with E-state index in [1.165, 1.54) is 0 Å². The second kappa shape index (κ2) is 5.81. The monoisotopic (exact) mass is 160 g/mol. The molecule has 10 heavy (non-hydrogen) atoms. The van der Waals surface area contributed by atoms with E-state index in [2.05, 4.69) is 13.5 Å². The van der Waals surface area contributed by atoms with Crippen LogP contribution in [-0.2, 0) is 0 Å². The summed E-state index contributed by atoms with van der Waals surface area (Å²) in [6, 6.07) is 0. The summed E-state index contributed by atoms with van der Waals surface area (Å²) in [5.41, 5.74) is 0. The van der Waals surface area contributed by atoms with E-state index in [0.717, 1.165) is 12.2 Å². The van der Waals surface area contributed by atoms with Gasteiger partial charge in [-0.3, -0.25) is 0 Å². The van der Waals surface area contributed by atoms with Crippen LogP contribution in [0.1, 0.15) is 20.3 Å². The summed E-state index contributed by atoms with van der Waals surface area (Å²) in [7, 11) is 0. The summed E-state index contributed by atoms with van der Waals surface area (Å²) in [5, 5.41) is 9.57. The number of hydrogen-bond acceptors (Lipinski definition) is 2. The number of aliphatic hydroxyl groups is 1. The Morgan fingerprint density at radius 3 is 2.50 bits per heavy atom. The van der Waals surface area contributed by atoms with E-state index in [-0.39, 0.29) is 11.4 Å². The molecular formula is C8H16OS. The Kier molecular flexibility index (Phi) is 5.84. The zero-order chi connectivity index (χ0) is 7.98. The molecule has 60 valence electrons. The predicted octanol–water partition coefficient (Wildman–Crippen LogP) is 2.06. The van der Waals surface area contributed by atoms with Gasteiger partial charge in [0.05, 0.1) is 6.10 Å². The molecule has 0 saturated heterocycles. The van der Waals surface area contributed by atoms with Crippen molar-refractivity contribution in [1.29, 1.82) is 0 Å². The van der Waals surface area contributed by atoms with Gasteiger partial charge in [0.1, 0.15) is 0 Å².